The maximum absolute atomic E-state index is 11.4. The summed E-state index contributed by atoms with van der Waals surface area (Å²) in [6.07, 6.45) is 6.33. The molecule has 0 saturated carbocycles. The van der Waals surface area contributed by atoms with E-state index in [0.29, 0.717) is 5.65 Å². The summed E-state index contributed by atoms with van der Waals surface area (Å²) in [5.41, 5.74) is 10.9. The van der Waals surface area contributed by atoms with Crippen molar-refractivity contribution in [3.63, 3.8) is 0 Å². The number of nitrogens with two attached hydrogens (primary N) is 2. The molecule has 16 heavy (non-hydrogen) atoms. The molecular formula is C8H9ClN6O. The van der Waals surface area contributed by atoms with Crippen LogP contribution in [0, 0.1) is 0 Å². The van der Waals surface area contributed by atoms with Crippen LogP contribution in [0.15, 0.2) is 29.8 Å². The molecule has 0 bridgehead atoms. The molecule has 8 heteroatoms. The van der Waals surface area contributed by atoms with E-state index in [2.05, 4.69) is 15.0 Å². The molecule has 2 aromatic rings. The first kappa shape index (κ1) is 11.9. The van der Waals surface area contributed by atoms with Gasteiger partial charge >= 0.3 is 0 Å². The molecule has 0 radical (unpaired) electrons. The van der Waals surface area contributed by atoms with Gasteiger partial charge in [-0.05, 0) is 0 Å². The van der Waals surface area contributed by atoms with Crippen molar-refractivity contribution in [2.45, 2.75) is 0 Å². The highest BCUT2D eigenvalue weighted by atomic mass is 35.5. The summed E-state index contributed by atoms with van der Waals surface area (Å²) in [6.45, 7) is 0. The molecule has 2 heterocycles. The largest absolute Gasteiger partial charge is 0.370 e. The van der Waals surface area contributed by atoms with Gasteiger partial charge in [0, 0.05) is 18.6 Å². The monoisotopic (exact) mass is 240 g/mol. The molecule has 84 valence electrons. The Balaban J connectivity index is 0.00000128. The van der Waals surface area contributed by atoms with Gasteiger partial charge in [-0.3, -0.25) is 9.78 Å². The van der Waals surface area contributed by atoms with Crippen LogP contribution in [-0.2, 0) is 0 Å². The lowest BCUT2D eigenvalue weighted by atomic mass is 10.4. The van der Waals surface area contributed by atoms with Crippen LogP contribution in [0.3, 0.4) is 0 Å². The van der Waals surface area contributed by atoms with E-state index in [9.17, 15) is 4.79 Å². The Bertz CT molecular complexity index is 511. The Hall–Kier alpha value is -2.15. The minimum atomic E-state index is -0.571. The molecule has 2 rings (SSSR count). The summed E-state index contributed by atoms with van der Waals surface area (Å²) in [5.74, 6) is -0.853. The van der Waals surface area contributed by atoms with Crippen LogP contribution >= 0.6 is 12.4 Å². The van der Waals surface area contributed by atoms with Crippen LogP contribution in [0.25, 0.3) is 5.65 Å². The van der Waals surface area contributed by atoms with Gasteiger partial charge in [0.25, 0.3) is 5.91 Å². The molecule has 0 unspecified atom stereocenters. The number of amides is 1. The van der Waals surface area contributed by atoms with E-state index in [-0.39, 0.29) is 24.1 Å². The number of guanidine groups is 1. The number of hydrogen-bond donors (Lipinski definition) is 2. The van der Waals surface area contributed by atoms with Crippen molar-refractivity contribution in [2.24, 2.45) is 16.5 Å². The molecule has 0 aliphatic heterocycles. The van der Waals surface area contributed by atoms with Crippen molar-refractivity contribution in [3.05, 3.63) is 30.5 Å². The maximum atomic E-state index is 11.4. The summed E-state index contributed by atoms with van der Waals surface area (Å²) in [7, 11) is 0. The lowest BCUT2D eigenvalue weighted by Gasteiger charge is -1.88. The lowest BCUT2D eigenvalue weighted by Crippen LogP contribution is -2.24. The van der Waals surface area contributed by atoms with Crippen LogP contribution in [0.4, 0.5) is 0 Å². The van der Waals surface area contributed by atoms with Gasteiger partial charge in [0.05, 0.1) is 6.20 Å². The van der Waals surface area contributed by atoms with Crippen LogP contribution in [-0.4, -0.2) is 26.2 Å². The van der Waals surface area contributed by atoms with E-state index in [1.807, 2.05) is 0 Å². The first-order valence-electron chi connectivity index (χ1n) is 4.09. The molecular weight excluding hydrogens is 232 g/mol. The normalized spacial score (nSPS) is 9.50. The first-order chi connectivity index (χ1) is 7.16. The van der Waals surface area contributed by atoms with Gasteiger partial charge in [-0.2, -0.15) is 4.99 Å². The zero-order valence-electron chi connectivity index (χ0n) is 8.07. The number of halogens is 1. The van der Waals surface area contributed by atoms with Crippen molar-refractivity contribution >= 4 is 29.9 Å². The van der Waals surface area contributed by atoms with E-state index in [0.717, 1.165) is 0 Å². The molecule has 2 aromatic heterocycles. The zero-order valence-corrected chi connectivity index (χ0v) is 8.89. The Morgan fingerprint density at radius 2 is 2.19 bits per heavy atom. The van der Waals surface area contributed by atoms with Crippen molar-refractivity contribution < 1.29 is 4.79 Å². The fourth-order valence-electron chi connectivity index (χ4n) is 1.12. The molecule has 0 aliphatic rings. The third-order valence-corrected chi connectivity index (χ3v) is 1.71. The zero-order chi connectivity index (χ0) is 10.8. The lowest BCUT2D eigenvalue weighted by molar-refractivity contribution is 0.0998. The SMILES string of the molecule is Cl.NC(N)=NC(=O)c1cn2ccncc2n1. The number of rotatable bonds is 1. The quantitative estimate of drug-likeness (QED) is 0.519. The minimum absolute atomic E-state index is 0. The van der Waals surface area contributed by atoms with Gasteiger partial charge in [-0.1, -0.05) is 0 Å². The Morgan fingerprint density at radius 3 is 2.81 bits per heavy atom. The minimum Gasteiger partial charge on any atom is -0.370 e. The molecule has 1 amide bonds. The number of imidazole rings is 1. The van der Waals surface area contributed by atoms with Gasteiger partial charge in [0.15, 0.2) is 11.6 Å². The van der Waals surface area contributed by atoms with Crippen LogP contribution < -0.4 is 11.5 Å². The molecule has 0 atom stereocenters. The van der Waals surface area contributed by atoms with Crippen LogP contribution in [0.2, 0.25) is 0 Å². The predicted octanol–water partition coefficient (Wildman–Crippen LogP) is -0.435. The Kier molecular flexibility index (Phi) is 3.41. The number of carbonyl (C=O) groups is 1. The van der Waals surface area contributed by atoms with E-state index >= 15 is 0 Å². The van der Waals surface area contributed by atoms with Crippen molar-refractivity contribution in [1.82, 2.24) is 14.4 Å². The second-order valence-corrected chi connectivity index (χ2v) is 2.81. The molecule has 0 saturated heterocycles. The van der Waals surface area contributed by atoms with Gasteiger partial charge in [0.2, 0.25) is 0 Å². The molecule has 7 nitrogen and oxygen atoms in total. The summed E-state index contributed by atoms with van der Waals surface area (Å²) in [4.78, 5) is 22.6. The third kappa shape index (κ3) is 2.26. The summed E-state index contributed by atoms with van der Waals surface area (Å²) in [5, 5.41) is 0. The Labute approximate surface area is 96.6 Å². The third-order valence-electron chi connectivity index (χ3n) is 1.71. The average molecular weight is 241 g/mol. The standard InChI is InChI=1S/C8H8N6O.ClH/c9-8(10)13-7(15)5-4-14-2-1-11-3-6(14)12-5;/h1-4H,(H4,9,10,13,15);1H. The van der Waals surface area contributed by atoms with Gasteiger partial charge in [0.1, 0.15) is 5.69 Å². The van der Waals surface area contributed by atoms with Gasteiger partial charge in [-0.15, -0.1) is 12.4 Å². The molecule has 4 N–H and O–H groups in total. The van der Waals surface area contributed by atoms with Crippen molar-refractivity contribution in [3.8, 4) is 0 Å². The topological polar surface area (TPSA) is 112 Å². The fraction of sp³-hybridized carbons (Fsp3) is 0. The average Bonchev–Trinajstić information content (AvgIpc) is 2.59. The van der Waals surface area contributed by atoms with Gasteiger partial charge in [-0.25, -0.2) is 4.98 Å². The van der Waals surface area contributed by atoms with Gasteiger partial charge < -0.3 is 15.9 Å². The van der Waals surface area contributed by atoms with E-state index in [1.54, 1.807) is 16.8 Å². The molecule has 0 aromatic carbocycles. The fourth-order valence-corrected chi connectivity index (χ4v) is 1.12. The van der Waals surface area contributed by atoms with Crippen molar-refractivity contribution in [2.75, 3.05) is 0 Å². The van der Waals surface area contributed by atoms with E-state index in [4.69, 9.17) is 11.5 Å². The number of aliphatic imine (C=N–C) groups is 1. The highest BCUT2D eigenvalue weighted by Crippen LogP contribution is 2.03. The first-order valence-corrected chi connectivity index (χ1v) is 4.09. The molecule has 0 fully saturated rings. The number of aromatic nitrogens is 3. The number of nitrogens with zero attached hydrogens (tertiary/aromatic N) is 4. The second kappa shape index (κ2) is 4.58. The Morgan fingerprint density at radius 1 is 1.44 bits per heavy atom. The van der Waals surface area contributed by atoms with Crippen molar-refractivity contribution in [1.29, 1.82) is 0 Å². The summed E-state index contributed by atoms with van der Waals surface area (Å²) in [6, 6.07) is 0. The van der Waals surface area contributed by atoms with E-state index < -0.39 is 5.91 Å². The molecule has 0 spiro atoms. The van der Waals surface area contributed by atoms with Crippen LogP contribution in [0.1, 0.15) is 10.5 Å². The maximum Gasteiger partial charge on any atom is 0.300 e. The number of fused-ring (bicyclic) bond motifs is 1. The smallest absolute Gasteiger partial charge is 0.300 e. The second-order valence-electron chi connectivity index (χ2n) is 2.81. The summed E-state index contributed by atoms with van der Waals surface area (Å²) < 4.78 is 1.66. The number of carbonyl (C=O) groups excluding carboxylic acids is 1. The van der Waals surface area contributed by atoms with Crippen LogP contribution in [0.5, 0.6) is 0 Å². The predicted molar refractivity (Wildman–Crippen MR) is 60.4 cm³/mol. The highest BCUT2D eigenvalue weighted by Gasteiger charge is 2.09. The highest BCUT2D eigenvalue weighted by molar-refractivity contribution is 6.00. The number of hydrogen-bond acceptors (Lipinski definition) is 3. The molecule has 0 aliphatic carbocycles. The summed E-state index contributed by atoms with van der Waals surface area (Å²) >= 11 is 0. The van der Waals surface area contributed by atoms with E-state index in [1.165, 1.54) is 12.4 Å².